The molecule has 1 rings (SSSR count). The highest BCUT2D eigenvalue weighted by Crippen LogP contribution is 2.23. The van der Waals surface area contributed by atoms with Crippen LogP contribution in [0.2, 0.25) is 0 Å². The first-order valence-corrected chi connectivity index (χ1v) is 5.80. The zero-order chi connectivity index (χ0) is 12.1. The summed E-state index contributed by atoms with van der Waals surface area (Å²) in [6.45, 7) is 12.8. The second-order valence-corrected chi connectivity index (χ2v) is 4.56. The third kappa shape index (κ3) is 3.37. The highest BCUT2D eigenvalue weighted by atomic mass is 16.5. The van der Waals surface area contributed by atoms with Gasteiger partial charge < -0.3 is 4.74 Å². The SMILES string of the molecule is C=CCOc1cc(C(C)C)nc(C(C)C)c1. The molecule has 1 heterocycles. The predicted octanol–water partition coefficient (Wildman–Crippen LogP) is 3.89. The molecular weight excluding hydrogens is 198 g/mol. The first-order valence-electron chi connectivity index (χ1n) is 5.80. The van der Waals surface area contributed by atoms with Crippen LogP contribution in [0.1, 0.15) is 50.9 Å². The summed E-state index contributed by atoms with van der Waals surface area (Å²) in [4.78, 5) is 4.63. The number of ether oxygens (including phenoxy) is 1. The zero-order valence-electron chi connectivity index (χ0n) is 10.7. The van der Waals surface area contributed by atoms with Gasteiger partial charge in [-0.1, -0.05) is 40.3 Å². The minimum absolute atomic E-state index is 0.421. The lowest BCUT2D eigenvalue weighted by Crippen LogP contribution is -2.02. The van der Waals surface area contributed by atoms with Crippen LogP contribution < -0.4 is 4.74 Å². The number of rotatable bonds is 5. The van der Waals surface area contributed by atoms with Gasteiger partial charge in [0.1, 0.15) is 12.4 Å². The molecule has 0 saturated heterocycles. The van der Waals surface area contributed by atoms with Crippen molar-refractivity contribution in [1.82, 2.24) is 4.98 Å². The molecule has 0 aliphatic rings. The van der Waals surface area contributed by atoms with Gasteiger partial charge in [-0.15, -0.1) is 0 Å². The van der Waals surface area contributed by atoms with Gasteiger partial charge in [-0.25, -0.2) is 0 Å². The molecule has 1 aromatic rings. The van der Waals surface area contributed by atoms with Crippen LogP contribution in [0, 0.1) is 0 Å². The normalized spacial score (nSPS) is 10.9. The Morgan fingerprint density at radius 3 is 2.06 bits per heavy atom. The Bertz CT molecular complexity index is 330. The van der Waals surface area contributed by atoms with Crippen LogP contribution in [0.15, 0.2) is 24.8 Å². The zero-order valence-corrected chi connectivity index (χ0v) is 10.7. The minimum Gasteiger partial charge on any atom is -0.489 e. The van der Waals surface area contributed by atoms with Crippen molar-refractivity contribution in [3.8, 4) is 5.75 Å². The Hall–Kier alpha value is -1.31. The van der Waals surface area contributed by atoms with E-state index in [-0.39, 0.29) is 0 Å². The van der Waals surface area contributed by atoms with E-state index in [9.17, 15) is 0 Å². The molecule has 0 unspecified atom stereocenters. The van der Waals surface area contributed by atoms with Crippen LogP contribution in [0.25, 0.3) is 0 Å². The molecule has 0 radical (unpaired) electrons. The predicted molar refractivity (Wildman–Crippen MR) is 68.1 cm³/mol. The van der Waals surface area contributed by atoms with E-state index in [1.807, 2.05) is 12.1 Å². The molecule has 2 heteroatoms. The number of hydrogen-bond donors (Lipinski definition) is 0. The fourth-order valence-corrected chi connectivity index (χ4v) is 1.38. The van der Waals surface area contributed by atoms with Crippen LogP contribution in [-0.2, 0) is 0 Å². The van der Waals surface area contributed by atoms with Crippen molar-refractivity contribution >= 4 is 0 Å². The van der Waals surface area contributed by atoms with Crippen molar-refractivity contribution in [2.24, 2.45) is 0 Å². The van der Waals surface area contributed by atoms with Gasteiger partial charge in [0.05, 0.1) is 0 Å². The topological polar surface area (TPSA) is 22.1 Å². The highest BCUT2D eigenvalue weighted by molar-refractivity contribution is 5.30. The minimum atomic E-state index is 0.421. The maximum Gasteiger partial charge on any atom is 0.123 e. The molecular formula is C14H21NO. The molecule has 0 aliphatic heterocycles. The fourth-order valence-electron chi connectivity index (χ4n) is 1.38. The van der Waals surface area contributed by atoms with Crippen molar-refractivity contribution in [1.29, 1.82) is 0 Å². The van der Waals surface area contributed by atoms with Gasteiger partial charge in [-0.2, -0.15) is 0 Å². The molecule has 0 aromatic carbocycles. The monoisotopic (exact) mass is 219 g/mol. The molecule has 0 bridgehead atoms. The van der Waals surface area contributed by atoms with E-state index in [1.165, 1.54) is 0 Å². The molecule has 2 nitrogen and oxygen atoms in total. The molecule has 16 heavy (non-hydrogen) atoms. The average Bonchev–Trinajstić information content (AvgIpc) is 2.25. The number of hydrogen-bond acceptors (Lipinski definition) is 2. The molecule has 0 saturated carbocycles. The van der Waals surface area contributed by atoms with E-state index in [0.29, 0.717) is 18.4 Å². The Morgan fingerprint density at radius 1 is 1.19 bits per heavy atom. The molecule has 0 amide bonds. The van der Waals surface area contributed by atoms with Crippen molar-refractivity contribution in [3.63, 3.8) is 0 Å². The lowest BCUT2D eigenvalue weighted by molar-refractivity contribution is 0.361. The van der Waals surface area contributed by atoms with E-state index in [2.05, 4.69) is 39.3 Å². The van der Waals surface area contributed by atoms with Crippen molar-refractivity contribution in [3.05, 3.63) is 36.2 Å². The van der Waals surface area contributed by atoms with Crippen molar-refractivity contribution < 1.29 is 4.74 Å². The first-order chi connectivity index (χ1) is 7.54. The third-order valence-corrected chi connectivity index (χ3v) is 2.39. The number of nitrogens with zero attached hydrogens (tertiary/aromatic N) is 1. The van der Waals surface area contributed by atoms with Crippen LogP contribution in [0.5, 0.6) is 5.75 Å². The summed E-state index contributed by atoms with van der Waals surface area (Å²) in [6, 6.07) is 4.03. The molecule has 0 fully saturated rings. The van der Waals surface area contributed by atoms with E-state index < -0.39 is 0 Å². The largest absolute Gasteiger partial charge is 0.489 e. The van der Waals surface area contributed by atoms with E-state index >= 15 is 0 Å². The van der Waals surface area contributed by atoms with Crippen molar-refractivity contribution in [2.45, 2.75) is 39.5 Å². The lowest BCUT2D eigenvalue weighted by Gasteiger charge is -2.13. The fraction of sp³-hybridized carbons (Fsp3) is 0.500. The lowest BCUT2D eigenvalue weighted by atomic mass is 10.1. The Morgan fingerprint density at radius 2 is 1.69 bits per heavy atom. The molecule has 1 aromatic heterocycles. The molecule has 0 spiro atoms. The molecule has 88 valence electrons. The van der Waals surface area contributed by atoms with Crippen LogP contribution in [0.4, 0.5) is 0 Å². The smallest absolute Gasteiger partial charge is 0.123 e. The number of aromatic nitrogens is 1. The first kappa shape index (κ1) is 12.8. The van der Waals surface area contributed by atoms with Gasteiger partial charge in [0.15, 0.2) is 0 Å². The maximum atomic E-state index is 5.58. The van der Waals surface area contributed by atoms with Crippen molar-refractivity contribution in [2.75, 3.05) is 6.61 Å². The second kappa shape index (κ2) is 5.69. The van der Waals surface area contributed by atoms with Crippen LogP contribution in [0.3, 0.4) is 0 Å². The maximum absolute atomic E-state index is 5.58. The van der Waals surface area contributed by atoms with Gasteiger partial charge in [0, 0.05) is 23.5 Å². The Labute approximate surface area is 98.4 Å². The van der Waals surface area contributed by atoms with Gasteiger partial charge in [-0.3, -0.25) is 4.98 Å². The Kier molecular flexibility index (Phi) is 4.53. The summed E-state index contributed by atoms with van der Waals surface area (Å²) in [7, 11) is 0. The summed E-state index contributed by atoms with van der Waals surface area (Å²) >= 11 is 0. The van der Waals surface area contributed by atoms with Crippen LogP contribution >= 0.6 is 0 Å². The summed E-state index contributed by atoms with van der Waals surface area (Å²) in [5.41, 5.74) is 2.18. The quantitative estimate of drug-likeness (QED) is 0.701. The second-order valence-electron chi connectivity index (χ2n) is 4.56. The number of pyridine rings is 1. The van der Waals surface area contributed by atoms with Gasteiger partial charge in [0.25, 0.3) is 0 Å². The Balaban J connectivity index is 3.03. The molecule has 0 N–H and O–H groups in total. The summed E-state index contributed by atoms with van der Waals surface area (Å²) in [6.07, 6.45) is 1.75. The standard InChI is InChI=1S/C14H21NO/c1-6-7-16-12-8-13(10(2)3)15-14(9-12)11(4)5/h6,8-11H,1,7H2,2-5H3. The molecule has 0 atom stereocenters. The highest BCUT2D eigenvalue weighted by Gasteiger charge is 2.09. The van der Waals surface area contributed by atoms with Crippen LogP contribution in [-0.4, -0.2) is 11.6 Å². The summed E-state index contributed by atoms with van der Waals surface area (Å²) in [5.74, 6) is 1.73. The van der Waals surface area contributed by atoms with E-state index in [1.54, 1.807) is 6.08 Å². The summed E-state index contributed by atoms with van der Waals surface area (Å²) in [5, 5.41) is 0. The van der Waals surface area contributed by atoms with Gasteiger partial charge in [-0.05, 0) is 11.8 Å². The molecule has 0 aliphatic carbocycles. The van der Waals surface area contributed by atoms with E-state index in [4.69, 9.17) is 4.74 Å². The van der Waals surface area contributed by atoms with Gasteiger partial charge >= 0.3 is 0 Å². The average molecular weight is 219 g/mol. The third-order valence-electron chi connectivity index (χ3n) is 2.39. The van der Waals surface area contributed by atoms with Gasteiger partial charge in [0.2, 0.25) is 0 Å². The van der Waals surface area contributed by atoms with E-state index in [0.717, 1.165) is 17.1 Å². The summed E-state index contributed by atoms with van der Waals surface area (Å²) < 4.78 is 5.58.